The number of anilines is 3. The number of nitrogens with one attached hydrogen (secondary N) is 3. The van der Waals surface area contributed by atoms with Gasteiger partial charge in [-0.05, 0) is 48.5 Å². The number of sulfonamides is 1. The molecular weight excluding hydrogens is 445 g/mol. The van der Waals surface area contributed by atoms with Crippen LogP contribution in [0.2, 0.25) is 5.02 Å². The van der Waals surface area contributed by atoms with Gasteiger partial charge < -0.3 is 10.6 Å². The standard InChI is InChI=1S/C21H17ClFN3O4S/c1-13(27)24-14-5-4-6-15(11-14)26-31(29,30)16-9-10-20(19(23)12-16)25-21(28)17-7-2-3-8-18(17)22/h2-12,26H,1H3,(H,24,27)(H,25,28). The second kappa shape index (κ2) is 9.15. The van der Waals surface area contributed by atoms with Crippen LogP contribution in [-0.2, 0) is 14.8 Å². The van der Waals surface area contributed by atoms with E-state index in [1.54, 1.807) is 24.3 Å². The van der Waals surface area contributed by atoms with E-state index in [9.17, 15) is 22.4 Å². The van der Waals surface area contributed by atoms with Crippen LogP contribution in [0.25, 0.3) is 0 Å². The maximum atomic E-state index is 14.5. The van der Waals surface area contributed by atoms with Gasteiger partial charge in [0.25, 0.3) is 15.9 Å². The Kier molecular flexibility index (Phi) is 6.57. The Morgan fingerprint density at radius 3 is 2.29 bits per heavy atom. The van der Waals surface area contributed by atoms with Gasteiger partial charge in [0.15, 0.2) is 0 Å². The molecule has 0 aromatic heterocycles. The lowest BCUT2D eigenvalue weighted by Crippen LogP contribution is -2.16. The van der Waals surface area contributed by atoms with Gasteiger partial charge in [0.1, 0.15) is 5.82 Å². The highest BCUT2D eigenvalue weighted by molar-refractivity contribution is 7.92. The van der Waals surface area contributed by atoms with Gasteiger partial charge in [0.2, 0.25) is 5.91 Å². The molecule has 0 bridgehead atoms. The molecule has 3 aromatic carbocycles. The molecule has 0 aliphatic carbocycles. The quantitative estimate of drug-likeness (QED) is 0.503. The Bertz CT molecular complexity index is 1260. The monoisotopic (exact) mass is 461 g/mol. The Hall–Kier alpha value is -3.43. The first-order valence-electron chi connectivity index (χ1n) is 8.91. The van der Waals surface area contributed by atoms with Crippen LogP contribution in [-0.4, -0.2) is 20.2 Å². The van der Waals surface area contributed by atoms with Crippen molar-refractivity contribution in [2.75, 3.05) is 15.4 Å². The molecule has 7 nitrogen and oxygen atoms in total. The molecule has 0 saturated carbocycles. The summed E-state index contributed by atoms with van der Waals surface area (Å²) >= 11 is 5.96. The van der Waals surface area contributed by atoms with Crippen LogP contribution >= 0.6 is 11.6 Å². The minimum Gasteiger partial charge on any atom is -0.326 e. The van der Waals surface area contributed by atoms with Crippen molar-refractivity contribution in [3.8, 4) is 0 Å². The van der Waals surface area contributed by atoms with E-state index in [1.807, 2.05) is 0 Å². The van der Waals surface area contributed by atoms with E-state index in [2.05, 4.69) is 15.4 Å². The summed E-state index contributed by atoms with van der Waals surface area (Å²) in [4.78, 5) is 23.1. The van der Waals surface area contributed by atoms with Crippen LogP contribution in [0.4, 0.5) is 21.5 Å². The van der Waals surface area contributed by atoms with E-state index >= 15 is 0 Å². The first-order valence-corrected chi connectivity index (χ1v) is 10.8. The van der Waals surface area contributed by atoms with Gasteiger partial charge in [-0.15, -0.1) is 0 Å². The molecule has 0 heterocycles. The second-order valence-electron chi connectivity index (χ2n) is 6.44. The van der Waals surface area contributed by atoms with Crippen LogP contribution in [0.3, 0.4) is 0 Å². The highest BCUT2D eigenvalue weighted by atomic mass is 35.5. The van der Waals surface area contributed by atoms with E-state index in [0.29, 0.717) is 5.69 Å². The fourth-order valence-corrected chi connectivity index (χ4v) is 3.96. The zero-order valence-corrected chi connectivity index (χ0v) is 17.7. The predicted octanol–water partition coefficient (Wildman–Crippen LogP) is 4.49. The molecule has 10 heteroatoms. The molecule has 31 heavy (non-hydrogen) atoms. The summed E-state index contributed by atoms with van der Waals surface area (Å²) in [7, 11) is -4.12. The molecule has 0 aliphatic rings. The summed E-state index contributed by atoms with van der Waals surface area (Å²) in [5.74, 6) is -1.88. The van der Waals surface area contributed by atoms with E-state index in [0.717, 1.165) is 18.2 Å². The molecule has 0 fully saturated rings. The smallest absolute Gasteiger partial charge is 0.261 e. The normalized spacial score (nSPS) is 10.9. The third-order valence-corrected chi connectivity index (χ3v) is 5.76. The van der Waals surface area contributed by atoms with Crippen molar-refractivity contribution >= 4 is 50.5 Å². The Morgan fingerprint density at radius 1 is 0.903 bits per heavy atom. The van der Waals surface area contributed by atoms with Gasteiger partial charge in [-0.25, -0.2) is 12.8 Å². The molecule has 0 saturated heterocycles. The average Bonchev–Trinajstić information content (AvgIpc) is 2.69. The second-order valence-corrected chi connectivity index (χ2v) is 8.53. The van der Waals surface area contributed by atoms with Crippen LogP contribution in [0, 0.1) is 5.82 Å². The minimum absolute atomic E-state index is 0.154. The van der Waals surface area contributed by atoms with Crippen molar-refractivity contribution in [3.05, 3.63) is 83.1 Å². The first-order chi connectivity index (χ1) is 14.7. The molecule has 2 amide bonds. The summed E-state index contributed by atoms with van der Waals surface area (Å²) < 4.78 is 42.1. The number of hydrogen-bond acceptors (Lipinski definition) is 4. The van der Waals surface area contributed by atoms with Crippen molar-refractivity contribution in [1.29, 1.82) is 0 Å². The van der Waals surface area contributed by atoms with Crippen molar-refractivity contribution in [1.82, 2.24) is 0 Å². The molecule has 0 aliphatic heterocycles. The van der Waals surface area contributed by atoms with Gasteiger partial charge in [-0.3, -0.25) is 14.3 Å². The van der Waals surface area contributed by atoms with E-state index < -0.39 is 21.7 Å². The predicted molar refractivity (Wildman–Crippen MR) is 117 cm³/mol. The Labute approximate surface area is 183 Å². The minimum atomic E-state index is -4.12. The van der Waals surface area contributed by atoms with Crippen LogP contribution < -0.4 is 15.4 Å². The number of carbonyl (C=O) groups is 2. The van der Waals surface area contributed by atoms with Gasteiger partial charge in [-0.1, -0.05) is 29.8 Å². The summed E-state index contributed by atoms with van der Waals surface area (Å²) in [5, 5.41) is 5.11. The third kappa shape index (κ3) is 5.59. The lowest BCUT2D eigenvalue weighted by molar-refractivity contribution is -0.114. The average molecular weight is 462 g/mol. The number of hydrogen-bond donors (Lipinski definition) is 3. The maximum Gasteiger partial charge on any atom is 0.261 e. The number of benzene rings is 3. The van der Waals surface area contributed by atoms with Crippen molar-refractivity contribution in [3.63, 3.8) is 0 Å². The molecule has 0 spiro atoms. The van der Waals surface area contributed by atoms with Gasteiger partial charge in [0, 0.05) is 12.6 Å². The SMILES string of the molecule is CC(=O)Nc1cccc(NS(=O)(=O)c2ccc(NC(=O)c3ccccc3Cl)c(F)c2)c1. The fourth-order valence-electron chi connectivity index (χ4n) is 2.68. The zero-order valence-electron chi connectivity index (χ0n) is 16.1. The van der Waals surface area contributed by atoms with Crippen LogP contribution in [0.5, 0.6) is 0 Å². The highest BCUT2D eigenvalue weighted by Crippen LogP contribution is 2.24. The van der Waals surface area contributed by atoms with E-state index in [4.69, 9.17) is 11.6 Å². The van der Waals surface area contributed by atoms with Gasteiger partial charge in [0.05, 0.1) is 26.9 Å². The summed E-state index contributed by atoms with van der Waals surface area (Å²) in [6.45, 7) is 1.33. The molecule has 3 rings (SSSR count). The van der Waals surface area contributed by atoms with Crippen molar-refractivity contribution < 1.29 is 22.4 Å². The molecule has 0 atom stereocenters. The molecular formula is C21H17ClFN3O4S. The molecule has 3 aromatic rings. The number of amides is 2. The maximum absolute atomic E-state index is 14.5. The molecule has 0 radical (unpaired) electrons. The lowest BCUT2D eigenvalue weighted by Gasteiger charge is -2.12. The topological polar surface area (TPSA) is 104 Å². The number of halogens is 2. The van der Waals surface area contributed by atoms with Gasteiger partial charge in [-0.2, -0.15) is 0 Å². The summed E-state index contributed by atoms with van der Waals surface area (Å²) in [6.07, 6.45) is 0. The Morgan fingerprint density at radius 2 is 1.61 bits per heavy atom. The van der Waals surface area contributed by atoms with E-state index in [1.165, 1.54) is 31.2 Å². The Balaban J connectivity index is 1.79. The zero-order chi connectivity index (χ0) is 22.6. The highest BCUT2D eigenvalue weighted by Gasteiger charge is 2.18. The largest absolute Gasteiger partial charge is 0.326 e. The van der Waals surface area contributed by atoms with Gasteiger partial charge >= 0.3 is 0 Å². The first kappa shape index (κ1) is 22.3. The van der Waals surface area contributed by atoms with Crippen molar-refractivity contribution in [2.45, 2.75) is 11.8 Å². The van der Waals surface area contributed by atoms with Crippen LogP contribution in [0.15, 0.2) is 71.6 Å². The summed E-state index contributed by atoms with van der Waals surface area (Å²) in [5.41, 5.74) is 0.539. The number of rotatable bonds is 6. The van der Waals surface area contributed by atoms with E-state index in [-0.39, 0.29) is 32.8 Å². The molecule has 0 unspecified atom stereocenters. The third-order valence-electron chi connectivity index (χ3n) is 4.05. The summed E-state index contributed by atoms with van der Waals surface area (Å²) in [6, 6.07) is 15.4. The van der Waals surface area contributed by atoms with Crippen molar-refractivity contribution in [2.24, 2.45) is 0 Å². The lowest BCUT2D eigenvalue weighted by atomic mass is 10.2. The number of carbonyl (C=O) groups excluding carboxylic acids is 2. The molecule has 3 N–H and O–H groups in total. The van der Waals surface area contributed by atoms with Crippen LogP contribution in [0.1, 0.15) is 17.3 Å². The fraction of sp³-hybridized carbons (Fsp3) is 0.0476. The molecule has 160 valence electrons.